The summed E-state index contributed by atoms with van der Waals surface area (Å²) in [5.41, 5.74) is 7.94. The zero-order valence-corrected chi connectivity index (χ0v) is 14.6. The number of ether oxygens (including phenoxy) is 1. The monoisotopic (exact) mass is 330 g/mol. The summed E-state index contributed by atoms with van der Waals surface area (Å²) in [6.07, 6.45) is 2.93. The molecule has 130 valence electrons. The van der Waals surface area contributed by atoms with E-state index >= 15 is 0 Å². The standard InChI is InChI=1S/C17H26N6O/c1-22(2)17(10-9-13-7-4-5-8-14(13)17)24-12-6-11-19-16-20-15(18)21-23(16)3/h4-5,7-8H,6,9-12H2,1-3H3,(H3,18,19,20,21). The molecule has 0 saturated carbocycles. The second kappa shape index (κ2) is 6.78. The molecule has 7 heteroatoms. The van der Waals surface area contributed by atoms with Crippen LogP contribution in [0.15, 0.2) is 24.3 Å². The maximum atomic E-state index is 6.37. The van der Waals surface area contributed by atoms with Gasteiger partial charge in [0.15, 0.2) is 0 Å². The Kier molecular flexibility index (Phi) is 4.73. The van der Waals surface area contributed by atoms with E-state index in [0.29, 0.717) is 12.6 Å². The van der Waals surface area contributed by atoms with Crippen molar-refractivity contribution in [1.82, 2.24) is 19.7 Å². The van der Waals surface area contributed by atoms with Gasteiger partial charge in [0.25, 0.3) is 0 Å². The molecule has 1 heterocycles. The predicted octanol–water partition coefficient (Wildman–Crippen LogP) is 1.58. The Morgan fingerprint density at radius 2 is 2.17 bits per heavy atom. The highest BCUT2D eigenvalue weighted by molar-refractivity contribution is 5.37. The first-order chi connectivity index (χ1) is 11.5. The molecule has 1 atom stereocenters. The lowest BCUT2D eigenvalue weighted by Crippen LogP contribution is -2.42. The van der Waals surface area contributed by atoms with Gasteiger partial charge in [-0.15, -0.1) is 5.10 Å². The third kappa shape index (κ3) is 3.09. The molecular weight excluding hydrogens is 304 g/mol. The van der Waals surface area contributed by atoms with Crippen LogP contribution in [-0.4, -0.2) is 46.9 Å². The molecule has 0 fully saturated rings. The van der Waals surface area contributed by atoms with Crippen molar-refractivity contribution in [2.75, 3.05) is 38.3 Å². The first-order valence-corrected chi connectivity index (χ1v) is 8.33. The van der Waals surface area contributed by atoms with Crippen molar-refractivity contribution < 1.29 is 4.74 Å². The summed E-state index contributed by atoms with van der Waals surface area (Å²) in [4.78, 5) is 6.32. The highest BCUT2D eigenvalue weighted by atomic mass is 16.5. The Morgan fingerprint density at radius 3 is 2.88 bits per heavy atom. The van der Waals surface area contributed by atoms with Crippen molar-refractivity contribution >= 4 is 11.9 Å². The normalized spacial score (nSPS) is 19.7. The molecule has 2 aromatic rings. The molecule has 0 spiro atoms. The molecule has 0 radical (unpaired) electrons. The second-order valence-electron chi connectivity index (χ2n) is 6.38. The van der Waals surface area contributed by atoms with E-state index in [2.05, 4.69) is 58.7 Å². The number of nitrogens with two attached hydrogens (primary N) is 1. The molecule has 0 amide bonds. The molecule has 0 aliphatic heterocycles. The van der Waals surface area contributed by atoms with Gasteiger partial charge in [-0.1, -0.05) is 24.3 Å². The van der Waals surface area contributed by atoms with Crippen LogP contribution in [0.4, 0.5) is 11.9 Å². The van der Waals surface area contributed by atoms with Gasteiger partial charge >= 0.3 is 0 Å². The van der Waals surface area contributed by atoms with Crippen molar-refractivity contribution in [3.63, 3.8) is 0 Å². The second-order valence-corrected chi connectivity index (χ2v) is 6.38. The van der Waals surface area contributed by atoms with E-state index in [1.807, 2.05) is 7.05 Å². The zero-order valence-electron chi connectivity index (χ0n) is 14.6. The summed E-state index contributed by atoms with van der Waals surface area (Å²) in [6.45, 7) is 1.43. The number of aromatic nitrogens is 3. The Morgan fingerprint density at radius 1 is 1.38 bits per heavy atom. The van der Waals surface area contributed by atoms with Crippen LogP contribution in [0.25, 0.3) is 0 Å². The van der Waals surface area contributed by atoms with E-state index in [4.69, 9.17) is 10.5 Å². The number of nitrogens with zero attached hydrogens (tertiary/aromatic N) is 4. The van der Waals surface area contributed by atoms with E-state index in [9.17, 15) is 0 Å². The van der Waals surface area contributed by atoms with Gasteiger partial charge in [0, 0.05) is 19.2 Å². The van der Waals surface area contributed by atoms with Crippen LogP contribution in [-0.2, 0) is 23.9 Å². The quantitative estimate of drug-likeness (QED) is 0.592. The molecule has 1 aliphatic carbocycles. The molecule has 24 heavy (non-hydrogen) atoms. The highest BCUT2D eigenvalue weighted by Crippen LogP contribution is 2.41. The summed E-state index contributed by atoms with van der Waals surface area (Å²) in [5, 5.41) is 7.25. The first-order valence-electron chi connectivity index (χ1n) is 8.33. The van der Waals surface area contributed by atoms with Crippen LogP contribution in [0, 0.1) is 0 Å². The molecular formula is C17H26N6O. The minimum absolute atomic E-state index is 0.283. The minimum Gasteiger partial charge on any atom is -0.366 e. The van der Waals surface area contributed by atoms with Crippen LogP contribution >= 0.6 is 0 Å². The maximum Gasteiger partial charge on any atom is 0.241 e. The Bertz CT molecular complexity index is 698. The number of nitrogens with one attached hydrogen (secondary N) is 1. The van der Waals surface area contributed by atoms with Crippen molar-refractivity contribution in [3.8, 4) is 0 Å². The van der Waals surface area contributed by atoms with Crippen LogP contribution in [0.2, 0.25) is 0 Å². The van der Waals surface area contributed by atoms with E-state index in [-0.39, 0.29) is 11.7 Å². The molecule has 1 aromatic heterocycles. The average molecular weight is 330 g/mol. The fourth-order valence-electron chi connectivity index (χ4n) is 3.37. The SMILES string of the molecule is CN(C)C1(OCCCNc2nc(N)nn2C)CCc2ccccc21. The Balaban J connectivity index is 1.56. The average Bonchev–Trinajstić information content (AvgIpc) is 3.08. The number of nitrogen functional groups attached to an aromatic ring is 1. The summed E-state index contributed by atoms with van der Waals surface area (Å²) >= 11 is 0. The van der Waals surface area contributed by atoms with Crippen LogP contribution in [0.1, 0.15) is 24.0 Å². The number of benzene rings is 1. The lowest BCUT2D eigenvalue weighted by atomic mass is 10.0. The molecule has 1 aromatic carbocycles. The van der Waals surface area contributed by atoms with E-state index in [1.54, 1.807) is 4.68 Å². The third-order valence-electron chi connectivity index (χ3n) is 4.62. The van der Waals surface area contributed by atoms with Gasteiger partial charge in [0.05, 0.1) is 6.61 Å². The van der Waals surface area contributed by atoms with Crippen LogP contribution in [0.3, 0.4) is 0 Å². The first kappa shape index (κ1) is 16.7. The maximum absolute atomic E-state index is 6.37. The van der Waals surface area contributed by atoms with Crippen molar-refractivity contribution in [3.05, 3.63) is 35.4 Å². The highest BCUT2D eigenvalue weighted by Gasteiger charge is 2.41. The largest absolute Gasteiger partial charge is 0.366 e. The van der Waals surface area contributed by atoms with Crippen molar-refractivity contribution in [1.29, 1.82) is 0 Å². The zero-order chi connectivity index (χ0) is 17.2. The lowest BCUT2D eigenvalue weighted by molar-refractivity contribution is -0.144. The van der Waals surface area contributed by atoms with Crippen LogP contribution in [0.5, 0.6) is 0 Å². The van der Waals surface area contributed by atoms with Crippen molar-refractivity contribution in [2.24, 2.45) is 7.05 Å². The number of rotatable bonds is 7. The topological polar surface area (TPSA) is 81.2 Å². The molecule has 7 nitrogen and oxygen atoms in total. The molecule has 1 unspecified atom stereocenters. The Labute approximate surface area is 142 Å². The molecule has 1 aliphatic rings. The summed E-state index contributed by atoms with van der Waals surface area (Å²) in [7, 11) is 5.99. The predicted molar refractivity (Wildman–Crippen MR) is 94.6 cm³/mol. The molecule has 0 bridgehead atoms. The molecule has 3 N–H and O–H groups in total. The van der Waals surface area contributed by atoms with Gasteiger partial charge in [-0.2, -0.15) is 4.98 Å². The van der Waals surface area contributed by atoms with Gasteiger partial charge in [-0.3, -0.25) is 4.90 Å². The minimum atomic E-state index is -0.314. The van der Waals surface area contributed by atoms with E-state index in [0.717, 1.165) is 25.8 Å². The lowest BCUT2D eigenvalue weighted by Gasteiger charge is -2.37. The van der Waals surface area contributed by atoms with E-state index in [1.165, 1.54) is 11.1 Å². The Hall–Kier alpha value is -2.12. The number of aryl methyl sites for hydroxylation is 2. The molecule has 0 saturated heterocycles. The third-order valence-corrected chi connectivity index (χ3v) is 4.62. The van der Waals surface area contributed by atoms with Gasteiger partial charge in [0.2, 0.25) is 11.9 Å². The van der Waals surface area contributed by atoms with Gasteiger partial charge in [-0.25, -0.2) is 4.68 Å². The number of hydrogen-bond acceptors (Lipinski definition) is 6. The molecule has 3 rings (SSSR count). The number of hydrogen-bond donors (Lipinski definition) is 2. The number of fused-ring (bicyclic) bond motifs is 1. The van der Waals surface area contributed by atoms with Gasteiger partial charge in [-0.05, 0) is 38.9 Å². The summed E-state index contributed by atoms with van der Waals surface area (Å²) in [5.74, 6) is 0.964. The summed E-state index contributed by atoms with van der Waals surface area (Å²) < 4.78 is 8.01. The summed E-state index contributed by atoms with van der Waals surface area (Å²) in [6, 6.07) is 8.57. The van der Waals surface area contributed by atoms with E-state index < -0.39 is 0 Å². The van der Waals surface area contributed by atoms with Gasteiger partial charge in [0.1, 0.15) is 5.72 Å². The van der Waals surface area contributed by atoms with Gasteiger partial charge < -0.3 is 15.8 Å². The fraction of sp³-hybridized carbons (Fsp3) is 0.529. The smallest absolute Gasteiger partial charge is 0.241 e. The number of anilines is 2. The fourth-order valence-corrected chi connectivity index (χ4v) is 3.37. The van der Waals surface area contributed by atoms with Crippen molar-refractivity contribution in [2.45, 2.75) is 25.0 Å². The van der Waals surface area contributed by atoms with Crippen LogP contribution < -0.4 is 11.1 Å².